The monoisotopic (exact) mass is 284 g/mol. The van der Waals surface area contributed by atoms with Crippen molar-refractivity contribution in [3.8, 4) is 0 Å². The van der Waals surface area contributed by atoms with Crippen LogP contribution in [-0.4, -0.2) is 73.5 Å². The molecule has 2 saturated heterocycles. The van der Waals surface area contributed by atoms with Gasteiger partial charge in [-0.1, -0.05) is 6.42 Å². The Hall–Kier alpha value is -0.160. The van der Waals surface area contributed by atoms with Crippen molar-refractivity contribution >= 4 is 0 Å². The maximum Gasteiger partial charge on any atom is 0.0900 e. The van der Waals surface area contributed by atoms with Crippen LogP contribution in [0.1, 0.15) is 39.0 Å². The van der Waals surface area contributed by atoms with E-state index in [1.54, 1.807) is 7.11 Å². The van der Waals surface area contributed by atoms with Gasteiger partial charge in [-0.15, -0.1) is 0 Å². The van der Waals surface area contributed by atoms with Crippen LogP contribution in [-0.2, 0) is 4.74 Å². The van der Waals surface area contributed by atoms with Crippen molar-refractivity contribution in [3.05, 3.63) is 0 Å². The summed E-state index contributed by atoms with van der Waals surface area (Å²) in [5.41, 5.74) is 0. The lowest BCUT2D eigenvalue weighted by Gasteiger charge is -2.40. The Kier molecular flexibility index (Phi) is 6.75. The molecule has 0 amide bonds. The van der Waals surface area contributed by atoms with E-state index in [0.29, 0.717) is 6.61 Å². The number of aliphatic hydroxyl groups excluding tert-OH is 1. The van der Waals surface area contributed by atoms with Crippen LogP contribution in [0.25, 0.3) is 0 Å². The first-order chi connectivity index (χ1) is 9.69. The maximum absolute atomic E-state index is 9.87. The molecule has 2 heterocycles. The summed E-state index contributed by atoms with van der Waals surface area (Å²) in [6.07, 6.45) is 6.41. The summed E-state index contributed by atoms with van der Waals surface area (Å²) >= 11 is 0. The standard InChI is InChI=1S/C16H32N2O2/c1-14-6-3-4-9-18(14)11-15-7-5-8-17(10-15)12-16(19)13-20-2/h14-16,19H,3-13H2,1-2H3/t14-,15-,16+/m0/s1. The molecule has 0 aromatic rings. The molecule has 20 heavy (non-hydrogen) atoms. The quantitative estimate of drug-likeness (QED) is 0.803. The van der Waals surface area contributed by atoms with E-state index in [0.717, 1.165) is 31.6 Å². The smallest absolute Gasteiger partial charge is 0.0900 e. The van der Waals surface area contributed by atoms with E-state index in [1.807, 2.05) is 0 Å². The summed E-state index contributed by atoms with van der Waals surface area (Å²) in [6, 6.07) is 0.762. The molecule has 0 aromatic heterocycles. The lowest BCUT2D eigenvalue weighted by molar-refractivity contribution is 0.0211. The first-order valence-electron chi connectivity index (χ1n) is 8.32. The first kappa shape index (κ1) is 16.2. The first-order valence-corrected chi connectivity index (χ1v) is 8.32. The molecule has 0 unspecified atom stereocenters. The number of piperidine rings is 2. The minimum absolute atomic E-state index is 0.340. The number of nitrogens with zero attached hydrogens (tertiary/aromatic N) is 2. The zero-order chi connectivity index (χ0) is 14.4. The van der Waals surface area contributed by atoms with E-state index in [9.17, 15) is 5.11 Å². The van der Waals surface area contributed by atoms with Crippen molar-refractivity contribution in [1.82, 2.24) is 9.80 Å². The van der Waals surface area contributed by atoms with E-state index in [1.165, 1.54) is 45.2 Å². The number of aliphatic hydroxyl groups is 1. The summed E-state index contributed by atoms with van der Waals surface area (Å²) < 4.78 is 5.02. The Morgan fingerprint density at radius 3 is 2.80 bits per heavy atom. The summed E-state index contributed by atoms with van der Waals surface area (Å²) in [5.74, 6) is 0.777. The molecule has 4 nitrogen and oxygen atoms in total. The van der Waals surface area contributed by atoms with Crippen LogP contribution in [0.15, 0.2) is 0 Å². The zero-order valence-electron chi connectivity index (χ0n) is 13.3. The number of rotatable bonds is 6. The van der Waals surface area contributed by atoms with Crippen molar-refractivity contribution in [2.24, 2.45) is 5.92 Å². The molecule has 2 rings (SSSR count). The van der Waals surface area contributed by atoms with Crippen LogP contribution in [0.5, 0.6) is 0 Å². The second kappa shape index (κ2) is 8.32. The maximum atomic E-state index is 9.87. The van der Waals surface area contributed by atoms with Crippen LogP contribution >= 0.6 is 0 Å². The van der Waals surface area contributed by atoms with Gasteiger partial charge in [0.1, 0.15) is 0 Å². The van der Waals surface area contributed by atoms with Crippen molar-refractivity contribution in [2.75, 3.05) is 46.4 Å². The lowest BCUT2D eigenvalue weighted by atomic mass is 9.94. The molecular formula is C16H32N2O2. The molecule has 2 aliphatic rings. The second-order valence-electron chi connectivity index (χ2n) is 6.72. The van der Waals surface area contributed by atoms with Gasteiger partial charge >= 0.3 is 0 Å². The Balaban J connectivity index is 1.75. The van der Waals surface area contributed by atoms with Crippen LogP contribution in [0.2, 0.25) is 0 Å². The molecular weight excluding hydrogens is 252 g/mol. The average Bonchev–Trinajstić information content (AvgIpc) is 2.42. The third kappa shape index (κ3) is 4.99. The van der Waals surface area contributed by atoms with Crippen LogP contribution in [0, 0.1) is 5.92 Å². The number of ether oxygens (including phenoxy) is 1. The van der Waals surface area contributed by atoms with Crippen LogP contribution in [0.4, 0.5) is 0 Å². The van der Waals surface area contributed by atoms with Crippen molar-refractivity contribution in [1.29, 1.82) is 0 Å². The largest absolute Gasteiger partial charge is 0.389 e. The highest BCUT2D eigenvalue weighted by Crippen LogP contribution is 2.22. The van der Waals surface area contributed by atoms with Crippen molar-refractivity contribution < 1.29 is 9.84 Å². The SMILES string of the molecule is COC[C@H](O)CN1CCC[C@H](CN2CCCC[C@@H]2C)C1. The molecule has 2 fully saturated rings. The zero-order valence-corrected chi connectivity index (χ0v) is 13.3. The van der Waals surface area contributed by atoms with E-state index in [4.69, 9.17) is 4.74 Å². The van der Waals surface area contributed by atoms with E-state index in [-0.39, 0.29) is 6.10 Å². The van der Waals surface area contributed by atoms with Gasteiger partial charge in [0.05, 0.1) is 12.7 Å². The Labute approximate surface area is 124 Å². The number of methoxy groups -OCH3 is 1. The summed E-state index contributed by atoms with van der Waals surface area (Å²) in [7, 11) is 1.65. The predicted molar refractivity (Wildman–Crippen MR) is 81.9 cm³/mol. The summed E-state index contributed by atoms with van der Waals surface area (Å²) in [6.45, 7) is 8.39. The average molecular weight is 284 g/mol. The van der Waals surface area contributed by atoms with Crippen molar-refractivity contribution in [3.63, 3.8) is 0 Å². The molecule has 0 radical (unpaired) electrons. The molecule has 3 atom stereocenters. The second-order valence-corrected chi connectivity index (χ2v) is 6.72. The minimum atomic E-state index is -0.340. The normalized spacial score (nSPS) is 31.4. The number of hydrogen-bond donors (Lipinski definition) is 1. The Bertz CT molecular complexity index is 275. The van der Waals surface area contributed by atoms with Crippen molar-refractivity contribution in [2.45, 2.75) is 51.2 Å². The van der Waals surface area contributed by atoms with Gasteiger partial charge in [0.2, 0.25) is 0 Å². The highest BCUT2D eigenvalue weighted by Gasteiger charge is 2.26. The molecule has 2 aliphatic heterocycles. The molecule has 0 saturated carbocycles. The van der Waals surface area contributed by atoms with Gasteiger partial charge in [0, 0.05) is 32.8 Å². The van der Waals surface area contributed by atoms with Crippen LogP contribution < -0.4 is 0 Å². The molecule has 1 N–H and O–H groups in total. The Morgan fingerprint density at radius 1 is 1.20 bits per heavy atom. The van der Waals surface area contributed by atoms with E-state index in [2.05, 4.69) is 16.7 Å². The number of likely N-dealkylation sites (tertiary alicyclic amines) is 2. The minimum Gasteiger partial charge on any atom is -0.389 e. The third-order valence-electron chi connectivity index (χ3n) is 4.86. The van der Waals surface area contributed by atoms with Gasteiger partial charge < -0.3 is 19.6 Å². The van der Waals surface area contributed by atoms with Gasteiger partial charge in [-0.05, 0) is 51.6 Å². The number of β-amino-alcohol motifs (C(OH)–C–C–N with tert-alkyl or cyclic N) is 1. The molecule has 0 aromatic carbocycles. The van der Waals surface area contributed by atoms with Gasteiger partial charge in [-0.2, -0.15) is 0 Å². The molecule has 0 spiro atoms. The van der Waals surface area contributed by atoms with Crippen LogP contribution in [0.3, 0.4) is 0 Å². The topological polar surface area (TPSA) is 35.9 Å². The fourth-order valence-electron chi connectivity index (χ4n) is 3.77. The number of hydrogen-bond acceptors (Lipinski definition) is 4. The summed E-state index contributed by atoms with van der Waals surface area (Å²) in [4.78, 5) is 5.11. The highest BCUT2D eigenvalue weighted by molar-refractivity contribution is 4.81. The Morgan fingerprint density at radius 2 is 2.05 bits per heavy atom. The van der Waals surface area contributed by atoms with Gasteiger partial charge in [0.15, 0.2) is 0 Å². The predicted octanol–water partition coefficient (Wildman–Crippen LogP) is 1.58. The fraction of sp³-hybridized carbons (Fsp3) is 1.00. The highest BCUT2D eigenvalue weighted by atomic mass is 16.5. The molecule has 0 aliphatic carbocycles. The lowest BCUT2D eigenvalue weighted by Crippen LogP contribution is -2.47. The van der Waals surface area contributed by atoms with E-state index < -0.39 is 0 Å². The van der Waals surface area contributed by atoms with E-state index >= 15 is 0 Å². The third-order valence-corrected chi connectivity index (χ3v) is 4.86. The fourth-order valence-corrected chi connectivity index (χ4v) is 3.77. The molecule has 0 bridgehead atoms. The summed E-state index contributed by atoms with van der Waals surface area (Å²) in [5, 5.41) is 9.87. The van der Waals surface area contributed by atoms with Gasteiger partial charge in [-0.25, -0.2) is 0 Å². The van der Waals surface area contributed by atoms with Gasteiger partial charge in [-0.3, -0.25) is 0 Å². The molecule has 118 valence electrons. The molecule has 4 heteroatoms. The van der Waals surface area contributed by atoms with Gasteiger partial charge in [0.25, 0.3) is 0 Å².